The van der Waals surface area contributed by atoms with Crippen LogP contribution in [0.4, 0.5) is 36.4 Å². The van der Waals surface area contributed by atoms with Gasteiger partial charge in [-0.1, -0.05) is 17.3 Å². The molecular weight excluding hydrogens is 431 g/mol. The molecule has 3 rings (SSSR count). The fourth-order valence-corrected chi connectivity index (χ4v) is 3.64. The third kappa shape index (κ3) is 4.09. The van der Waals surface area contributed by atoms with Crippen molar-refractivity contribution in [1.82, 2.24) is 10.1 Å². The molecule has 1 aromatic heterocycles. The van der Waals surface area contributed by atoms with Gasteiger partial charge in [-0.3, -0.25) is 0 Å². The first-order valence-corrected chi connectivity index (χ1v) is 9.03. The Morgan fingerprint density at radius 2 is 1.55 bits per heavy atom. The van der Waals surface area contributed by atoms with Crippen molar-refractivity contribution in [2.75, 3.05) is 0 Å². The lowest BCUT2D eigenvalue weighted by molar-refractivity contribution is -0.159. The van der Waals surface area contributed by atoms with Gasteiger partial charge in [-0.15, -0.1) is 0 Å². The molecule has 13 heteroatoms. The SMILES string of the molecule is O=S(=Nc1ccc(-c2noc(C(F)(F)F)n2)cc1)(c1ccccc1F)C(F)(F)F. The molecule has 5 nitrogen and oxygen atoms in total. The minimum Gasteiger partial charge on any atom is -0.329 e. The maximum atomic E-state index is 13.8. The molecule has 0 fully saturated rings. The number of aromatic nitrogens is 2. The largest absolute Gasteiger partial charge is 0.484 e. The highest BCUT2D eigenvalue weighted by Gasteiger charge is 2.46. The molecule has 1 unspecified atom stereocenters. The third-order valence-corrected chi connectivity index (χ3v) is 5.50. The lowest BCUT2D eigenvalue weighted by Crippen LogP contribution is -2.24. The molecule has 3 aromatic rings. The van der Waals surface area contributed by atoms with Crippen LogP contribution in [0.25, 0.3) is 11.4 Å². The highest BCUT2D eigenvalue weighted by Crippen LogP contribution is 2.37. The summed E-state index contributed by atoms with van der Waals surface area (Å²) in [7, 11) is -5.21. The van der Waals surface area contributed by atoms with Gasteiger partial charge in [-0.25, -0.2) is 8.60 Å². The average Bonchev–Trinajstić information content (AvgIpc) is 3.12. The van der Waals surface area contributed by atoms with Gasteiger partial charge >= 0.3 is 17.6 Å². The molecule has 2 aromatic carbocycles. The van der Waals surface area contributed by atoms with Gasteiger partial charge in [-0.05, 0) is 36.4 Å². The van der Waals surface area contributed by atoms with Crippen LogP contribution in [-0.2, 0) is 15.9 Å². The molecule has 154 valence electrons. The summed E-state index contributed by atoms with van der Waals surface area (Å²) >= 11 is 0. The molecule has 0 amide bonds. The number of benzene rings is 2. The van der Waals surface area contributed by atoms with E-state index < -0.39 is 49.5 Å². The average molecular weight is 439 g/mol. The number of hydrogen-bond acceptors (Lipinski definition) is 5. The zero-order valence-electron chi connectivity index (χ0n) is 13.8. The van der Waals surface area contributed by atoms with Crippen molar-refractivity contribution in [2.24, 2.45) is 4.36 Å². The zero-order chi connectivity index (χ0) is 21.4. The number of halogens is 7. The number of rotatable bonds is 3. The van der Waals surface area contributed by atoms with Crippen molar-refractivity contribution in [3.05, 3.63) is 60.2 Å². The first-order valence-electron chi connectivity index (χ1n) is 7.51. The Hall–Kier alpha value is -2.96. The van der Waals surface area contributed by atoms with Gasteiger partial charge in [0.25, 0.3) is 0 Å². The van der Waals surface area contributed by atoms with Crippen LogP contribution in [0.15, 0.2) is 62.3 Å². The minimum atomic E-state index is -5.39. The van der Waals surface area contributed by atoms with Crippen molar-refractivity contribution in [3.63, 3.8) is 0 Å². The van der Waals surface area contributed by atoms with E-state index in [0.717, 1.165) is 36.4 Å². The van der Waals surface area contributed by atoms with E-state index in [4.69, 9.17) is 0 Å². The van der Waals surface area contributed by atoms with Gasteiger partial charge in [0.05, 0.1) is 10.6 Å². The summed E-state index contributed by atoms with van der Waals surface area (Å²) in [6, 6.07) is 7.65. The Labute approximate surface area is 158 Å². The second-order valence-corrected chi connectivity index (χ2v) is 7.60. The maximum absolute atomic E-state index is 13.8. The summed E-state index contributed by atoms with van der Waals surface area (Å²) in [6.45, 7) is 0. The third-order valence-electron chi connectivity index (χ3n) is 3.48. The van der Waals surface area contributed by atoms with Crippen molar-refractivity contribution >= 4 is 15.4 Å². The van der Waals surface area contributed by atoms with Crippen LogP contribution in [0.5, 0.6) is 0 Å². The molecule has 0 saturated heterocycles. The van der Waals surface area contributed by atoms with Crippen molar-refractivity contribution in [2.45, 2.75) is 16.6 Å². The summed E-state index contributed by atoms with van der Waals surface area (Å²) in [5.74, 6) is -3.41. The predicted octanol–water partition coefficient (Wildman–Crippen LogP) is 5.57. The lowest BCUT2D eigenvalue weighted by atomic mass is 10.2. The molecule has 0 bridgehead atoms. The Kier molecular flexibility index (Phi) is 5.11. The van der Waals surface area contributed by atoms with Crippen LogP contribution in [0.1, 0.15) is 5.89 Å². The molecule has 29 heavy (non-hydrogen) atoms. The van der Waals surface area contributed by atoms with E-state index >= 15 is 0 Å². The Bertz CT molecular complexity index is 1140. The topological polar surface area (TPSA) is 68.3 Å². The van der Waals surface area contributed by atoms with Gasteiger partial charge in [0.2, 0.25) is 5.82 Å². The van der Waals surface area contributed by atoms with Crippen LogP contribution in [0, 0.1) is 5.82 Å². The molecule has 0 N–H and O–H groups in total. The van der Waals surface area contributed by atoms with Gasteiger partial charge in [0, 0.05) is 5.56 Å². The Morgan fingerprint density at radius 1 is 0.931 bits per heavy atom. The smallest absolute Gasteiger partial charge is 0.329 e. The fraction of sp³-hybridized carbons (Fsp3) is 0.125. The van der Waals surface area contributed by atoms with Gasteiger partial charge < -0.3 is 4.52 Å². The second kappa shape index (κ2) is 7.13. The van der Waals surface area contributed by atoms with Crippen molar-refractivity contribution in [3.8, 4) is 11.4 Å². The summed E-state index contributed by atoms with van der Waals surface area (Å²) < 4.78 is 111. The van der Waals surface area contributed by atoms with Gasteiger partial charge in [0.15, 0.2) is 9.73 Å². The normalized spacial score (nSPS) is 14.4. The van der Waals surface area contributed by atoms with Crippen LogP contribution < -0.4 is 0 Å². The zero-order valence-corrected chi connectivity index (χ0v) is 14.6. The van der Waals surface area contributed by atoms with E-state index in [1.54, 1.807) is 0 Å². The van der Waals surface area contributed by atoms with E-state index in [1.165, 1.54) is 0 Å². The molecule has 0 aliphatic rings. The molecule has 1 atom stereocenters. The number of hydrogen-bond donors (Lipinski definition) is 0. The summed E-state index contributed by atoms with van der Waals surface area (Å²) in [5.41, 5.74) is -5.85. The summed E-state index contributed by atoms with van der Waals surface area (Å²) in [5, 5.41) is 3.13. The monoisotopic (exact) mass is 439 g/mol. The van der Waals surface area contributed by atoms with Gasteiger partial charge in [-0.2, -0.15) is 35.7 Å². The minimum absolute atomic E-state index is 0.0207. The van der Waals surface area contributed by atoms with Crippen LogP contribution >= 0.6 is 0 Å². The molecule has 0 saturated carbocycles. The first kappa shape index (κ1) is 20.8. The van der Waals surface area contributed by atoms with E-state index in [9.17, 15) is 34.9 Å². The van der Waals surface area contributed by atoms with E-state index in [-0.39, 0.29) is 5.56 Å². The molecular formula is C16H8F7N3O2S. The van der Waals surface area contributed by atoms with E-state index in [1.807, 2.05) is 0 Å². The second-order valence-electron chi connectivity index (χ2n) is 5.46. The van der Waals surface area contributed by atoms with Crippen LogP contribution in [0.2, 0.25) is 0 Å². The predicted molar refractivity (Wildman–Crippen MR) is 85.7 cm³/mol. The quantitative estimate of drug-likeness (QED) is 0.500. The highest BCUT2D eigenvalue weighted by molar-refractivity contribution is 7.94. The number of nitrogens with zero attached hydrogens (tertiary/aromatic N) is 3. The highest BCUT2D eigenvalue weighted by atomic mass is 32.2. The number of alkyl halides is 6. The molecule has 0 aliphatic heterocycles. The van der Waals surface area contributed by atoms with Crippen LogP contribution in [0.3, 0.4) is 0 Å². The summed E-state index contributed by atoms with van der Waals surface area (Å²) in [6.07, 6.45) is -4.86. The van der Waals surface area contributed by atoms with Gasteiger partial charge in [0.1, 0.15) is 5.82 Å². The molecule has 0 spiro atoms. The molecule has 1 heterocycles. The fourth-order valence-electron chi connectivity index (χ4n) is 2.17. The van der Waals surface area contributed by atoms with Crippen molar-refractivity contribution < 1.29 is 39.5 Å². The van der Waals surface area contributed by atoms with E-state index in [0.29, 0.717) is 12.1 Å². The standard InChI is InChI=1S/C16H8F7N3O2S/c17-11-3-1-2-4-12(11)29(27,16(21,22)23)26-10-7-5-9(6-8-10)13-24-14(28-25-13)15(18,19)20/h1-8H. The molecule has 0 radical (unpaired) electrons. The Morgan fingerprint density at radius 3 is 2.07 bits per heavy atom. The lowest BCUT2D eigenvalue weighted by Gasteiger charge is -2.14. The first-order chi connectivity index (χ1) is 13.4. The Balaban J connectivity index is 2.04. The molecule has 0 aliphatic carbocycles. The van der Waals surface area contributed by atoms with Crippen LogP contribution in [-0.4, -0.2) is 19.9 Å². The maximum Gasteiger partial charge on any atom is 0.484 e. The van der Waals surface area contributed by atoms with Crippen molar-refractivity contribution in [1.29, 1.82) is 0 Å². The van der Waals surface area contributed by atoms with E-state index in [2.05, 4.69) is 19.0 Å². The summed E-state index contributed by atoms with van der Waals surface area (Å²) in [4.78, 5) is 2.00.